The van der Waals surface area contributed by atoms with Crippen molar-refractivity contribution >= 4 is 5.91 Å². The second-order valence-electron chi connectivity index (χ2n) is 4.61. The molecule has 0 fully saturated rings. The van der Waals surface area contributed by atoms with Crippen LogP contribution in [0.15, 0.2) is 47.1 Å². The Bertz CT molecular complexity index is 555. The molecule has 1 aromatic carbocycles. The van der Waals surface area contributed by atoms with Crippen molar-refractivity contribution in [1.29, 1.82) is 0 Å². The number of furan rings is 1. The van der Waals surface area contributed by atoms with E-state index >= 15 is 0 Å². The monoisotopic (exact) mass is 277 g/mol. The second-order valence-corrected chi connectivity index (χ2v) is 4.61. The fourth-order valence-electron chi connectivity index (χ4n) is 1.86. The minimum Gasteiger partial charge on any atom is -0.463 e. The van der Waals surface area contributed by atoms with Gasteiger partial charge in [0.1, 0.15) is 11.9 Å². The van der Waals surface area contributed by atoms with Crippen LogP contribution in [0.1, 0.15) is 24.3 Å². The van der Waals surface area contributed by atoms with Crippen LogP contribution in [-0.2, 0) is 11.3 Å². The third-order valence-electron chi connectivity index (χ3n) is 3.08. The Labute approximate surface area is 117 Å². The topological polar surface area (TPSA) is 58.9 Å². The summed E-state index contributed by atoms with van der Waals surface area (Å²) in [6.45, 7) is 2.44. The summed E-state index contributed by atoms with van der Waals surface area (Å²) >= 11 is 0. The van der Waals surface area contributed by atoms with E-state index in [0.717, 1.165) is 5.76 Å². The number of quaternary nitrogens is 1. The Morgan fingerprint density at radius 3 is 2.85 bits per heavy atom. The molecule has 0 saturated heterocycles. The minimum atomic E-state index is -0.305. The number of carbonyl (C=O) groups excluding carboxylic acids is 1. The van der Waals surface area contributed by atoms with E-state index in [-0.39, 0.29) is 30.9 Å². The standard InChI is InChI=1S/C15H17FN2O2/c1-11(14-7-4-8-20-14)17-10-15(19)18-9-12-5-2-3-6-13(12)16/h2-8,11,17H,9-10H2,1H3,(H,18,19)/p+1/t11-/m1/s1. The second kappa shape index (κ2) is 6.86. The van der Waals surface area contributed by atoms with Crippen LogP contribution in [-0.4, -0.2) is 12.5 Å². The van der Waals surface area contributed by atoms with Gasteiger partial charge in [-0.15, -0.1) is 0 Å². The van der Waals surface area contributed by atoms with E-state index in [1.54, 1.807) is 24.5 Å². The Morgan fingerprint density at radius 2 is 2.15 bits per heavy atom. The lowest BCUT2D eigenvalue weighted by Crippen LogP contribution is -2.86. The van der Waals surface area contributed by atoms with Crippen LogP contribution < -0.4 is 10.6 Å². The van der Waals surface area contributed by atoms with Gasteiger partial charge < -0.3 is 15.1 Å². The molecule has 5 heteroatoms. The van der Waals surface area contributed by atoms with Crippen molar-refractivity contribution in [2.75, 3.05) is 6.54 Å². The summed E-state index contributed by atoms with van der Waals surface area (Å²) in [7, 11) is 0. The van der Waals surface area contributed by atoms with E-state index in [9.17, 15) is 9.18 Å². The largest absolute Gasteiger partial charge is 0.463 e. The molecule has 0 radical (unpaired) electrons. The fourth-order valence-corrected chi connectivity index (χ4v) is 1.86. The lowest BCUT2D eigenvalue weighted by atomic mass is 10.2. The molecule has 0 aliphatic rings. The van der Waals surface area contributed by atoms with E-state index in [1.165, 1.54) is 6.07 Å². The highest BCUT2D eigenvalue weighted by atomic mass is 19.1. The number of hydrogen-bond acceptors (Lipinski definition) is 2. The van der Waals surface area contributed by atoms with Gasteiger partial charge in [-0.1, -0.05) is 18.2 Å². The van der Waals surface area contributed by atoms with Crippen molar-refractivity contribution in [2.45, 2.75) is 19.5 Å². The zero-order valence-electron chi connectivity index (χ0n) is 11.3. The van der Waals surface area contributed by atoms with Gasteiger partial charge in [0.05, 0.1) is 6.26 Å². The summed E-state index contributed by atoms with van der Waals surface area (Å²) in [5.74, 6) is 0.388. The van der Waals surface area contributed by atoms with Gasteiger partial charge in [0.15, 0.2) is 12.3 Å². The molecule has 0 unspecified atom stereocenters. The molecule has 0 bridgehead atoms. The van der Waals surface area contributed by atoms with Gasteiger partial charge in [0, 0.05) is 12.1 Å². The minimum absolute atomic E-state index is 0.0733. The van der Waals surface area contributed by atoms with Gasteiger partial charge in [-0.05, 0) is 25.1 Å². The van der Waals surface area contributed by atoms with E-state index in [0.29, 0.717) is 5.56 Å². The Balaban J connectivity index is 1.75. The first-order chi connectivity index (χ1) is 9.66. The molecular weight excluding hydrogens is 259 g/mol. The highest BCUT2D eigenvalue weighted by molar-refractivity contribution is 5.76. The summed E-state index contributed by atoms with van der Waals surface area (Å²) in [5.41, 5.74) is 0.486. The summed E-state index contributed by atoms with van der Waals surface area (Å²) < 4.78 is 18.6. The molecule has 3 N–H and O–H groups in total. The lowest BCUT2D eigenvalue weighted by molar-refractivity contribution is -0.684. The highest BCUT2D eigenvalue weighted by Crippen LogP contribution is 2.07. The third kappa shape index (κ3) is 3.93. The summed E-state index contributed by atoms with van der Waals surface area (Å²) in [6, 6.07) is 10.2. The molecule has 0 aliphatic carbocycles. The lowest BCUT2D eigenvalue weighted by Gasteiger charge is -2.09. The maximum absolute atomic E-state index is 13.4. The maximum atomic E-state index is 13.4. The van der Waals surface area contributed by atoms with Crippen LogP contribution in [0.5, 0.6) is 0 Å². The van der Waals surface area contributed by atoms with Crippen molar-refractivity contribution in [2.24, 2.45) is 0 Å². The third-order valence-corrected chi connectivity index (χ3v) is 3.08. The van der Waals surface area contributed by atoms with Crippen molar-refractivity contribution in [3.63, 3.8) is 0 Å². The van der Waals surface area contributed by atoms with Crippen LogP contribution in [0.4, 0.5) is 4.39 Å². The van der Waals surface area contributed by atoms with Gasteiger partial charge >= 0.3 is 0 Å². The number of amides is 1. The SMILES string of the molecule is C[C@@H]([NH2+]CC(=O)NCc1ccccc1F)c1ccco1. The number of hydrogen-bond donors (Lipinski definition) is 2. The molecule has 1 atom stereocenters. The van der Waals surface area contributed by atoms with Crippen LogP contribution in [0, 0.1) is 5.82 Å². The molecule has 1 heterocycles. The predicted molar refractivity (Wildman–Crippen MR) is 72.2 cm³/mol. The fraction of sp³-hybridized carbons (Fsp3) is 0.267. The number of nitrogens with one attached hydrogen (secondary N) is 1. The molecule has 0 saturated carbocycles. The van der Waals surface area contributed by atoms with Crippen LogP contribution in [0.2, 0.25) is 0 Å². The van der Waals surface area contributed by atoms with Crippen molar-refractivity contribution in [1.82, 2.24) is 5.32 Å². The van der Waals surface area contributed by atoms with Crippen molar-refractivity contribution < 1.29 is 18.9 Å². The zero-order chi connectivity index (χ0) is 14.4. The Kier molecular flexibility index (Phi) is 4.90. The molecule has 2 aromatic rings. The molecule has 2 rings (SSSR count). The molecule has 1 amide bonds. The Morgan fingerprint density at radius 1 is 1.35 bits per heavy atom. The first-order valence-electron chi connectivity index (χ1n) is 6.53. The van der Waals surface area contributed by atoms with Crippen LogP contribution >= 0.6 is 0 Å². The predicted octanol–water partition coefficient (Wildman–Crippen LogP) is 1.36. The summed E-state index contributed by atoms with van der Waals surface area (Å²) in [6.07, 6.45) is 1.61. The Hall–Kier alpha value is -2.14. The average Bonchev–Trinajstić information content (AvgIpc) is 2.98. The van der Waals surface area contributed by atoms with Crippen molar-refractivity contribution in [3.8, 4) is 0 Å². The molecule has 1 aromatic heterocycles. The van der Waals surface area contributed by atoms with E-state index in [4.69, 9.17) is 4.42 Å². The van der Waals surface area contributed by atoms with Gasteiger partial charge in [-0.2, -0.15) is 0 Å². The molecule has 4 nitrogen and oxygen atoms in total. The average molecular weight is 277 g/mol. The molecular formula is C15H18FN2O2+. The maximum Gasteiger partial charge on any atom is 0.275 e. The first kappa shape index (κ1) is 14.3. The molecule has 0 aliphatic heterocycles. The number of carbonyl (C=O) groups is 1. The summed E-state index contributed by atoms with van der Waals surface area (Å²) in [5, 5.41) is 4.57. The molecule has 20 heavy (non-hydrogen) atoms. The van der Waals surface area contributed by atoms with Crippen molar-refractivity contribution in [3.05, 3.63) is 59.8 Å². The quantitative estimate of drug-likeness (QED) is 0.837. The van der Waals surface area contributed by atoms with E-state index < -0.39 is 0 Å². The number of nitrogens with two attached hydrogens (primary N) is 1. The highest BCUT2D eigenvalue weighted by Gasteiger charge is 2.13. The van der Waals surface area contributed by atoms with Crippen LogP contribution in [0.3, 0.4) is 0 Å². The molecule has 0 spiro atoms. The van der Waals surface area contributed by atoms with Crippen LogP contribution in [0.25, 0.3) is 0 Å². The molecule has 106 valence electrons. The number of rotatable bonds is 6. The zero-order valence-corrected chi connectivity index (χ0v) is 11.3. The van der Waals surface area contributed by atoms with E-state index in [2.05, 4.69) is 5.32 Å². The van der Waals surface area contributed by atoms with E-state index in [1.807, 2.05) is 24.4 Å². The number of halogens is 1. The first-order valence-corrected chi connectivity index (χ1v) is 6.53. The van der Waals surface area contributed by atoms with Gasteiger partial charge in [-0.25, -0.2) is 4.39 Å². The smallest absolute Gasteiger partial charge is 0.275 e. The van der Waals surface area contributed by atoms with Gasteiger partial charge in [-0.3, -0.25) is 4.79 Å². The van der Waals surface area contributed by atoms with Gasteiger partial charge in [0.25, 0.3) is 5.91 Å². The normalized spacial score (nSPS) is 12.1. The van der Waals surface area contributed by atoms with Gasteiger partial charge in [0.2, 0.25) is 0 Å². The summed E-state index contributed by atoms with van der Waals surface area (Å²) in [4.78, 5) is 11.7. The number of benzene rings is 1.